The van der Waals surface area contributed by atoms with Crippen LogP contribution < -0.4 is 5.32 Å². The fraction of sp³-hybridized carbons (Fsp3) is 0.526. The molecule has 1 unspecified atom stereocenters. The Balaban J connectivity index is 1.67. The summed E-state index contributed by atoms with van der Waals surface area (Å²) in [6.07, 6.45) is 4.18. The van der Waals surface area contributed by atoms with Crippen LogP contribution in [0.2, 0.25) is 0 Å². The van der Waals surface area contributed by atoms with E-state index in [4.69, 9.17) is 0 Å². The fourth-order valence-corrected chi connectivity index (χ4v) is 3.90. The molecule has 2 amide bonds. The minimum Gasteiger partial charge on any atom is -0.321 e. The molecule has 1 atom stereocenters. The minimum absolute atomic E-state index is 0.0540. The molecule has 1 aromatic heterocycles. The highest BCUT2D eigenvalue weighted by Crippen LogP contribution is 2.28. The Morgan fingerprint density at radius 1 is 1.24 bits per heavy atom. The van der Waals surface area contributed by atoms with E-state index in [1.165, 1.54) is 23.3 Å². The van der Waals surface area contributed by atoms with Gasteiger partial charge in [-0.15, -0.1) is 10.2 Å². The first kappa shape index (κ1) is 17.9. The maximum absolute atomic E-state index is 12.8. The molecule has 134 valence electrons. The van der Waals surface area contributed by atoms with Gasteiger partial charge in [0.25, 0.3) is 0 Å². The second-order valence-electron chi connectivity index (χ2n) is 7.63. The van der Waals surface area contributed by atoms with E-state index in [1.807, 2.05) is 11.0 Å². The van der Waals surface area contributed by atoms with Crippen molar-refractivity contribution in [3.05, 3.63) is 40.9 Å². The molecule has 5 nitrogen and oxygen atoms in total. The van der Waals surface area contributed by atoms with Gasteiger partial charge < -0.3 is 4.90 Å². The van der Waals surface area contributed by atoms with Crippen LogP contribution in [0.1, 0.15) is 50.6 Å². The summed E-state index contributed by atoms with van der Waals surface area (Å²) >= 11 is 1.46. The van der Waals surface area contributed by atoms with E-state index >= 15 is 0 Å². The molecule has 3 rings (SSSR count). The van der Waals surface area contributed by atoms with Crippen LogP contribution in [0.4, 0.5) is 9.93 Å². The average Bonchev–Trinajstić information content (AvgIpc) is 3.05. The lowest BCUT2D eigenvalue weighted by molar-refractivity contribution is 0.162. The van der Waals surface area contributed by atoms with Crippen LogP contribution in [0.5, 0.6) is 0 Å². The molecule has 0 spiro atoms. The Labute approximate surface area is 153 Å². The number of urea groups is 1. The van der Waals surface area contributed by atoms with Crippen molar-refractivity contribution in [3.8, 4) is 0 Å². The second-order valence-corrected chi connectivity index (χ2v) is 8.60. The number of rotatable bonds is 3. The molecule has 0 aliphatic carbocycles. The van der Waals surface area contributed by atoms with E-state index in [9.17, 15) is 4.79 Å². The maximum atomic E-state index is 12.8. The number of benzene rings is 1. The van der Waals surface area contributed by atoms with Gasteiger partial charge in [0, 0.05) is 18.0 Å². The Morgan fingerprint density at radius 2 is 2.00 bits per heavy atom. The third-order valence-corrected chi connectivity index (χ3v) is 5.75. The third kappa shape index (κ3) is 4.57. The Bertz CT molecular complexity index is 708. The molecule has 0 radical (unpaired) electrons. The number of amides is 2. The molecule has 1 saturated heterocycles. The molecular weight excluding hydrogens is 332 g/mol. The van der Waals surface area contributed by atoms with Crippen LogP contribution in [0.25, 0.3) is 0 Å². The predicted octanol–water partition coefficient (Wildman–Crippen LogP) is 4.46. The van der Waals surface area contributed by atoms with Gasteiger partial charge in [0.15, 0.2) is 0 Å². The van der Waals surface area contributed by atoms with Crippen molar-refractivity contribution in [2.75, 3.05) is 11.9 Å². The number of carbonyl (C=O) groups is 1. The molecule has 1 aromatic carbocycles. The number of hydrogen-bond acceptors (Lipinski definition) is 4. The van der Waals surface area contributed by atoms with Crippen LogP contribution in [0.15, 0.2) is 30.3 Å². The highest BCUT2D eigenvalue weighted by atomic mass is 32.1. The molecule has 1 aliphatic rings. The molecule has 0 saturated carbocycles. The summed E-state index contributed by atoms with van der Waals surface area (Å²) < 4.78 is 0. The van der Waals surface area contributed by atoms with Gasteiger partial charge in [0.1, 0.15) is 5.01 Å². The zero-order valence-corrected chi connectivity index (χ0v) is 16.0. The van der Waals surface area contributed by atoms with Gasteiger partial charge in [0.05, 0.1) is 0 Å². The van der Waals surface area contributed by atoms with Crippen molar-refractivity contribution in [2.24, 2.45) is 0 Å². The first-order chi connectivity index (χ1) is 11.9. The largest absolute Gasteiger partial charge is 0.323 e. The zero-order valence-electron chi connectivity index (χ0n) is 15.2. The molecule has 2 aromatic rings. The van der Waals surface area contributed by atoms with Crippen molar-refractivity contribution in [1.29, 1.82) is 0 Å². The first-order valence-corrected chi connectivity index (χ1v) is 9.70. The van der Waals surface area contributed by atoms with E-state index in [0.717, 1.165) is 30.8 Å². The number of nitrogens with one attached hydrogen (secondary N) is 1. The summed E-state index contributed by atoms with van der Waals surface area (Å²) in [5.74, 6) is 0. The molecule has 1 N–H and O–H groups in total. The van der Waals surface area contributed by atoms with Crippen molar-refractivity contribution in [1.82, 2.24) is 15.1 Å². The Morgan fingerprint density at radius 3 is 2.68 bits per heavy atom. The molecule has 0 bridgehead atoms. The fourth-order valence-electron chi connectivity index (χ4n) is 3.11. The van der Waals surface area contributed by atoms with Crippen LogP contribution in [0, 0.1) is 0 Å². The van der Waals surface area contributed by atoms with Crippen molar-refractivity contribution >= 4 is 22.5 Å². The molecular formula is C19H26N4OS. The van der Waals surface area contributed by atoms with Gasteiger partial charge in [-0.1, -0.05) is 62.4 Å². The second kappa shape index (κ2) is 7.52. The monoisotopic (exact) mass is 358 g/mol. The van der Waals surface area contributed by atoms with Gasteiger partial charge in [0.2, 0.25) is 5.13 Å². The number of nitrogens with zero attached hydrogens (tertiary/aromatic N) is 3. The molecule has 1 aliphatic heterocycles. The molecule has 2 heterocycles. The summed E-state index contributed by atoms with van der Waals surface area (Å²) in [5.41, 5.74) is 1.22. The highest BCUT2D eigenvalue weighted by molar-refractivity contribution is 7.15. The van der Waals surface area contributed by atoms with Crippen molar-refractivity contribution in [2.45, 2.75) is 57.9 Å². The minimum atomic E-state index is -0.0581. The number of aromatic nitrogens is 2. The van der Waals surface area contributed by atoms with Crippen molar-refractivity contribution < 1.29 is 4.79 Å². The van der Waals surface area contributed by atoms with E-state index in [2.05, 4.69) is 60.6 Å². The molecule has 1 fully saturated rings. The predicted molar refractivity (Wildman–Crippen MR) is 102 cm³/mol. The highest BCUT2D eigenvalue weighted by Gasteiger charge is 2.28. The summed E-state index contributed by atoms with van der Waals surface area (Å²) in [6.45, 7) is 7.09. The van der Waals surface area contributed by atoms with Crippen LogP contribution >= 0.6 is 11.3 Å². The SMILES string of the molecule is CC(C)(C)c1nnc(NC(=O)N2CCCCC2Cc2ccccc2)s1. The van der Waals surface area contributed by atoms with Gasteiger partial charge in [-0.05, 0) is 31.2 Å². The lowest BCUT2D eigenvalue weighted by Gasteiger charge is -2.35. The van der Waals surface area contributed by atoms with Gasteiger partial charge in [-0.25, -0.2) is 4.79 Å². The van der Waals surface area contributed by atoms with Crippen LogP contribution in [-0.4, -0.2) is 33.7 Å². The molecule has 25 heavy (non-hydrogen) atoms. The third-order valence-electron chi connectivity index (χ3n) is 4.48. The number of anilines is 1. The van der Waals surface area contributed by atoms with Gasteiger partial charge >= 0.3 is 6.03 Å². The van der Waals surface area contributed by atoms with Crippen molar-refractivity contribution in [3.63, 3.8) is 0 Å². The quantitative estimate of drug-likeness (QED) is 0.881. The Hall–Kier alpha value is -1.95. The lowest BCUT2D eigenvalue weighted by Crippen LogP contribution is -2.46. The standard InChI is InChI=1S/C19H26N4OS/c1-19(2,3)16-21-22-17(25-16)20-18(24)23-12-8-7-11-15(23)13-14-9-5-4-6-10-14/h4-6,9-10,15H,7-8,11-13H2,1-3H3,(H,20,22,24). The number of carbonyl (C=O) groups excluding carboxylic acids is 1. The van der Waals surface area contributed by atoms with Crippen LogP contribution in [-0.2, 0) is 11.8 Å². The topological polar surface area (TPSA) is 58.1 Å². The van der Waals surface area contributed by atoms with Gasteiger partial charge in [-0.3, -0.25) is 5.32 Å². The van der Waals surface area contributed by atoms with E-state index in [-0.39, 0.29) is 17.5 Å². The van der Waals surface area contributed by atoms with E-state index < -0.39 is 0 Å². The number of piperidine rings is 1. The summed E-state index contributed by atoms with van der Waals surface area (Å²) in [6, 6.07) is 10.6. The molecule has 6 heteroatoms. The van der Waals surface area contributed by atoms with Crippen LogP contribution in [0.3, 0.4) is 0 Å². The normalized spacial score (nSPS) is 18.2. The average molecular weight is 359 g/mol. The van der Waals surface area contributed by atoms with Gasteiger partial charge in [-0.2, -0.15) is 0 Å². The summed E-state index contributed by atoms with van der Waals surface area (Å²) in [5, 5.41) is 12.8. The van der Waals surface area contributed by atoms with E-state index in [0.29, 0.717) is 5.13 Å². The maximum Gasteiger partial charge on any atom is 0.323 e. The summed E-state index contributed by atoms with van der Waals surface area (Å²) in [7, 11) is 0. The smallest absolute Gasteiger partial charge is 0.321 e. The summed E-state index contributed by atoms with van der Waals surface area (Å²) in [4.78, 5) is 14.7. The Kier molecular flexibility index (Phi) is 5.37. The number of likely N-dealkylation sites (tertiary alicyclic amines) is 1. The lowest BCUT2D eigenvalue weighted by atomic mass is 9.96. The zero-order chi connectivity index (χ0) is 17.9. The number of hydrogen-bond donors (Lipinski definition) is 1. The van der Waals surface area contributed by atoms with E-state index in [1.54, 1.807) is 0 Å². The first-order valence-electron chi connectivity index (χ1n) is 8.89.